The number of hydrogen-bond acceptors (Lipinski definition) is 4. The fourth-order valence-corrected chi connectivity index (χ4v) is 1.97. The molecule has 0 saturated heterocycles. The summed E-state index contributed by atoms with van der Waals surface area (Å²) in [5, 5.41) is 22.8. The molecule has 22 heavy (non-hydrogen) atoms. The van der Waals surface area contributed by atoms with E-state index in [-0.39, 0.29) is 13.0 Å². The number of benzene rings is 1. The van der Waals surface area contributed by atoms with Crippen LogP contribution in [0.2, 0.25) is 0 Å². The lowest BCUT2D eigenvalue weighted by atomic mass is 9.97. The van der Waals surface area contributed by atoms with Crippen molar-refractivity contribution in [2.24, 2.45) is 0 Å². The second kappa shape index (κ2) is 7.96. The highest BCUT2D eigenvalue weighted by Crippen LogP contribution is 2.23. The van der Waals surface area contributed by atoms with Gasteiger partial charge in [-0.2, -0.15) is 0 Å². The van der Waals surface area contributed by atoms with E-state index in [0.717, 1.165) is 5.56 Å². The molecular weight excluding hydrogens is 282 g/mol. The number of aliphatic hydroxyl groups excluding tert-OH is 2. The van der Waals surface area contributed by atoms with Crippen molar-refractivity contribution in [1.82, 2.24) is 5.32 Å². The van der Waals surface area contributed by atoms with Gasteiger partial charge in [-0.1, -0.05) is 36.9 Å². The Balaban J connectivity index is 2.50. The van der Waals surface area contributed by atoms with Gasteiger partial charge in [-0.15, -0.1) is 0 Å². The van der Waals surface area contributed by atoms with Gasteiger partial charge < -0.3 is 20.3 Å². The van der Waals surface area contributed by atoms with Crippen molar-refractivity contribution in [3.63, 3.8) is 0 Å². The zero-order valence-corrected chi connectivity index (χ0v) is 13.4. The Labute approximate surface area is 131 Å². The molecule has 3 N–H and O–H groups in total. The Morgan fingerprint density at radius 1 is 1.36 bits per heavy atom. The van der Waals surface area contributed by atoms with Gasteiger partial charge in [-0.05, 0) is 38.3 Å². The summed E-state index contributed by atoms with van der Waals surface area (Å²) in [7, 11) is 0. The molecule has 0 aliphatic rings. The first-order chi connectivity index (χ1) is 10.2. The van der Waals surface area contributed by atoms with E-state index >= 15 is 0 Å². The normalized spacial score (nSPS) is 14.0. The number of ether oxygens (including phenoxy) is 1. The van der Waals surface area contributed by atoms with E-state index in [1.165, 1.54) is 0 Å². The van der Waals surface area contributed by atoms with Crippen LogP contribution in [0.1, 0.15) is 44.4 Å². The van der Waals surface area contributed by atoms with Gasteiger partial charge in [0.2, 0.25) is 0 Å². The summed E-state index contributed by atoms with van der Waals surface area (Å²) < 4.78 is 5.09. The molecule has 1 aromatic rings. The molecule has 0 aromatic heterocycles. The summed E-state index contributed by atoms with van der Waals surface area (Å²) in [6.07, 6.45) is -0.720. The summed E-state index contributed by atoms with van der Waals surface area (Å²) >= 11 is 0. The molecule has 2 atom stereocenters. The van der Waals surface area contributed by atoms with Crippen LogP contribution in [0.25, 0.3) is 6.08 Å². The number of carbonyl (C=O) groups is 1. The summed E-state index contributed by atoms with van der Waals surface area (Å²) in [6, 6.07) is 7.18. The monoisotopic (exact) mass is 307 g/mol. The number of nitrogens with one attached hydrogen (secondary N) is 1. The number of alkyl carbamates (subject to hydrolysis) is 1. The van der Waals surface area contributed by atoms with Crippen LogP contribution >= 0.6 is 0 Å². The Morgan fingerprint density at radius 2 is 2.00 bits per heavy atom. The van der Waals surface area contributed by atoms with Crippen LogP contribution in [-0.2, 0) is 4.74 Å². The van der Waals surface area contributed by atoms with Crippen molar-refractivity contribution in [1.29, 1.82) is 0 Å². The summed E-state index contributed by atoms with van der Waals surface area (Å²) in [4.78, 5) is 11.5. The van der Waals surface area contributed by atoms with Crippen molar-refractivity contribution >= 4 is 12.2 Å². The van der Waals surface area contributed by atoms with E-state index in [1.54, 1.807) is 39.0 Å². The van der Waals surface area contributed by atoms with Crippen molar-refractivity contribution < 1.29 is 19.7 Å². The van der Waals surface area contributed by atoms with Crippen molar-refractivity contribution in [2.75, 3.05) is 6.54 Å². The Kier molecular flexibility index (Phi) is 6.59. The number of amides is 1. The Morgan fingerprint density at radius 3 is 2.59 bits per heavy atom. The van der Waals surface area contributed by atoms with Gasteiger partial charge in [0, 0.05) is 6.54 Å². The van der Waals surface area contributed by atoms with Crippen molar-refractivity contribution in [2.45, 2.75) is 45.0 Å². The lowest BCUT2D eigenvalue weighted by molar-refractivity contribution is 0.0122. The van der Waals surface area contributed by atoms with Crippen LogP contribution < -0.4 is 5.32 Å². The van der Waals surface area contributed by atoms with Gasteiger partial charge in [0.15, 0.2) is 0 Å². The molecule has 0 aliphatic heterocycles. The summed E-state index contributed by atoms with van der Waals surface area (Å²) in [6.45, 7) is 9.22. The maximum atomic E-state index is 11.5. The molecule has 0 bridgehead atoms. The molecule has 122 valence electrons. The molecule has 0 radical (unpaired) electrons. The molecule has 0 heterocycles. The summed E-state index contributed by atoms with van der Waals surface area (Å²) in [5.74, 6) is 0. The molecule has 0 aliphatic carbocycles. The van der Waals surface area contributed by atoms with Gasteiger partial charge in [0.25, 0.3) is 0 Å². The predicted molar refractivity (Wildman–Crippen MR) is 86.4 cm³/mol. The van der Waals surface area contributed by atoms with Crippen LogP contribution in [0.15, 0.2) is 30.8 Å². The van der Waals surface area contributed by atoms with Gasteiger partial charge in [-0.25, -0.2) is 4.79 Å². The molecule has 0 spiro atoms. The highest BCUT2D eigenvalue weighted by atomic mass is 16.6. The maximum Gasteiger partial charge on any atom is 0.407 e. The average Bonchev–Trinajstić information content (AvgIpc) is 2.44. The molecule has 0 fully saturated rings. The lowest BCUT2D eigenvalue weighted by Crippen LogP contribution is -2.34. The van der Waals surface area contributed by atoms with Crippen LogP contribution in [0, 0.1) is 0 Å². The number of aliphatic hydroxyl groups is 2. The molecule has 0 saturated carbocycles. The van der Waals surface area contributed by atoms with E-state index in [0.29, 0.717) is 5.56 Å². The maximum absolute atomic E-state index is 11.5. The summed E-state index contributed by atoms with van der Waals surface area (Å²) in [5.41, 5.74) is 0.821. The predicted octanol–water partition coefficient (Wildman–Crippen LogP) is 2.64. The standard InChI is InChI=1S/C17H25NO4/c1-5-12-8-6-7-9-13(12)15(20)14(19)10-11-18-16(21)22-17(2,3)4/h5-9,14-15,19-20H,1,10-11H2,2-4H3,(H,18,21). The molecule has 5 heteroatoms. The number of rotatable bonds is 6. The Hall–Kier alpha value is -1.85. The van der Waals surface area contributed by atoms with Crippen LogP contribution in [0.3, 0.4) is 0 Å². The molecule has 1 rings (SSSR count). The van der Waals surface area contributed by atoms with Crippen LogP contribution in [-0.4, -0.2) is 34.6 Å². The second-order valence-corrected chi connectivity index (χ2v) is 6.06. The first-order valence-corrected chi connectivity index (χ1v) is 7.29. The number of hydrogen-bond donors (Lipinski definition) is 3. The van der Waals surface area contributed by atoms with Crippen LogP contribution in [0.4, 0.5) is 4.79 Å². The van der Waals surface area contributed by atoms with Gasteiger partial charge in [0.05, 0.1) is 6.10 Å². The fraction of sp³-hybridized carbons (Fsp3) is 0.471. The number of carbonyl (C=O) groups excluding carboxylic acids is 1. The van der Waals surface area contributed by atoms with Crippen molar-refractivity contribution in [3.8, 4) is 0 Å². The molecule has 1 aromatic carbocycles. The van der Waals surface area contributed by atoms with Gasteiger partial charge in [0.1, 0.15) is 11.7 Å². The lowest BCUT2D eigenvalue weighted by Gasteiger charge is -2.22. The van der Waals surface area contributed by atoms with E-state index in [4.69, 9.17) is 4.74 Å². The van der Waals surface area contributed by atoms with E-state index < -0.39 is 23.9 Å². The third-order valence-corrected chi connectivity index (χ3v) is 3.01. The van der Waals surface area contributed by atoms with Gasteiger partial charge in [-0.3, -0.25) is 0 Å². The largest absolute Gasteiger partial charge is 0.444 e. The Bertz CT molecular complexity index is 508. The van der Waals surface area contributed by atoms with Gasteiger partial charge >= 0.3 is 6.09 Å². The zero-order valence-electron chi connectivity index (χ0n) is 13.4. The first kappa shape index (κ1) is 18.2. The topological polar surface area (TPSA) is 78.8 Å². The second-order valence-electron chi connectivity index (χ2n) is 6.06. The molecule has 2 unspecified atom stereocenters. The SMILES string of the molecule is C=Cc1ccccc1C(O)C(O)CCNC(=O)OC(C)(C)C. The minimum Gasteiger partial charge on any atom is -0.444 e. The minimum atomic E-state index is -1.03. The average molecular weight is 307 g/mol. The minimum absolute atomic E-state index is 0.212. The zero-order chi connectivity index (χ0) is 16.8. The fourth-order valence-electron chi connectivity index (χ4n) is 1.97. The van der Waals surface area contributed by atoms with E-state index in [1.807, 2.05) is 12.1 Å². The smallest absolute Gasteiger partial charge is 0.407 e. The first-order valence-electron chi connectivity index (χ1n) is 7.29. The molecule has 1 amide bonds. The third kappa shape index (κ3) is 5.87. The highest BCUT2D eigenvalue weighted by molar-refractivity contribution is 5.67. The third-order valence-electron chi connectivity index (χ3n) is 3.01. The molecule has 5 nitrogen and oxygen atoms in total. The van der Waals surface area contributed by atoms with E-state index in [2.05, 4.69) is 11.9 Å². The van der Waals surface area contributed by atoms with Crippen molar-refractivity contribution in [3.05, 3.63) is 42.0 Å². The quantitative estimate of drug-likeness (QED) is 0.755. The molecular formula is C17H25NO4. The highest BCUT2D eigenvalue weighted by Gasteiger charge is 2.21. The van der Waals surface area contributed by atoms with E-state index in [9.17, 15) is 15.0 Å². The van der Waals surface area contributed by atoms with Crippen LogP contribution in [0.5, 0.6) is 0 Å².